The van der Waals surface area contributed by atoms with Gasteiger partial charge in [0.05, 0.1) is 12.0 Å². The van der Waals surface area contributed by atoms with Crippen LogP contribution in [-0.2, 0) is 9.59 Å². The molecule has 1 aliphatic carbocycles. The highest BCUT2D eigenvalue weighted by Crippen LogP contribution is 2.39. The Hall–Kier alpha value is -1.06. The SMILES string of the molecule is CCNC(=NCC1(C(=O)N(C)C)CCCC1)NC1CCN(C(=O)C(C)C)C1.I. The standard InChI is InChI=1S/C20H37N5O2.HI/c1-6-21-19(23-16-9-12-25(13-16)17(26)15(2)3)22-14-20(10-7-8-11-20)18(27)24(4)5;/h15-16H,6-14H2,1-5H3,(H2,21,22,23);1H. The number of hydrogen-bond donors (Lipinski definition) is 2. The van der Waals surface area contributed by atoms with Crippen LogP contribution in [0.5, 0.6) is 0 Å². The van der Waals surface area contributed by atoms with Gasteiger partial charge in [0, 0.05) is 45.7 Å². The van der Waals surface area contributed by atoms with E-state index in [1.807, 2.05) is 39.8 Å². The summed E-state index contributed by atoms with van der Waals surface area (Å²) in [6.07, 6.45) is 4.92. The van der Waals surface area contributed by atoms with Crippen molar-refractivity contribution in [2.45, 2.75) is 58.9 Å². The first-order chi connectivity index (χ1) is 12.8. The van der Waals surface area contributed by atoms with E-state index in [1.165, 1.54) is 0 Å². The van der Waals surface area contributed by atoms with E-state index < -0.39 is 0 Å². The van der Waals surface area contributed by atoms with Crippen LogP contribution in [0.2, 0.25) is 0 Å². The molecular weight excluding hydrogens is 469 g/mol. The highest BCUT2D eigenvalue weighted by atomic mass is 127. The smallest absolute Gasteiger partial charge is 0.230 e. The Morgan fingerprint density at radius 1 is 1.25 bits per heavy atom. The molecule has 8 heteroatoms. The van der Waals surface area contributed by atoms with Crippen LogP contribution < -0.4 is 10.6 Å². The highest BCUT2D eigenvalue weighted by molar-refractivity contribution is 14.0. The van der Waals surface area contributed by atoms with Crippen LogP contribution >= 0.6 is 24.0 Å². The van der Waals surface area contributed by atoms with Crippen LogP contribution in [0.3, 0.4) is 0 Å². The van der Waals surface area contributed by atoms with Crippen molar-refractivity contribution in [3.8, 4) is 0 Å². The lowest BCUT2D eigenvalue weighted by atomic mass is 9.85. The number of nitrogens with one attached hydrogen (secondary N) is 2. The van der Waals surface area contributed by atoms with E-state index in [1.54, 1.807) is 4.90 Å². The Balaban J connectivity index is 0.00000392. The minimum absolute atomic E-state index is 0. The molecule has 2 fully saturated rings. The van der Waals surface area contributed by atoms with E-state index in [4.69, 9.17) is 4.99 Å². The third kappa shape index (κ3) is 6.22. The van der Waals surface area contributed by atoms with Crippen molar-refractivity contribution in [2.75, 3.05) is 40.3 Å². The summed E-state index contributed by atoms with van der Waals surface area (Å²) in [6.45, 7) is 8.70. The fraction of sp³-hybridized carbons (Fsp3) is 0.850. The summed E-state index contributed by atoms with van der Waals surface area (Å²) in [4.78, 5) is 33.3. The fourth-order valence-electron chi connectivity index (χ4n) is 4.15. The van der Waals surface area contributed by atoms with E-state index in [2.05, 4.69) is 10.6 Å². The van der Waals surface area contributed by atoms with E-state index in [0.29, 0.717) is 13.1 Å². The molecule has 1 saturated heterocycles. The second-order valence-corrected chi connectivity index (χ2v) is 8.45. The maximum absolute atomic E-state index is 12.7. The van der Waals surface area contributed by atoms with Gasteiger partial charge in [-0.1, -0.05) is 26.7 Å². The van der Waals surface area contributed by atoms with Gasteiger partial charge in [0.15, 0.2) is 5.96 Å². The zero-order valence-corrected chi connectivity index (χ0v) is 20.4. The van der Waals surface area contributed by atoms with Gasteiger partial charge in [0.25, 0.3) is 0 Å². The Morgan fingerprint density at radius 3 is 2.43 bits per heavy atom. The number of hydrogen-bond acceptors (Lipinski definition) is 3. The summed E-state index contributed by atoms with van der Waals surface area (Å²) < 4.78 is 0. The third-order valence-electron chi connectivity index (χ3n) is 5.64. The van der Waals surface area contributed by atoms with Crippen LogP contribution in [0.1, 0.15) is 52.9 Å². The summed E-state index contributed by atoms with van der Waals surface area (Å²) in [5, 5.41) is 6.77. The molecule has 0 bridgehead atoms. The summed E-state index contributed by atoms with van der Waals surface area (Å²) in [7, 11) is 3.66. The molecular formula is C20H38IN5O2. The molecule has 0 aromatic carbocycles. The van der Waals surface area contributed by atoms with Crippen molar-refractivity contribution in [1.82, 2.24) is 20.4 Å². The van der Waals surface area contributed by atoms with Crippen molar-refractivity contribution in [2.24, 2.45) is 16.3 Å². The molecule has 0 spiro atoms. The highest BCUT2D eigenvalue weighted by Gasteiger charge is 2.42. The van der Waals surface area contributed by atoms with Crippen LogP contribution in [-0.4, -0.2) is 73.9 Å². The van der Waals surface area contributed by atoms with Gasteiger partial charge in [0.1, 0.15) is 0 Å². The second-order valence-electron chi connectivity index (χ2n) is 8.45. The Morgan fingerprint density at radius 2 is 1.89 bits per heavy atom. The predicted molar refractivity (Wildman–Crippen MR) is 124 cm³/mol. The summed E-state index contributed by atoms with van der Waals surface area (Å²) in [6, 6.07) is 0.203. The number of amides is 2. The lowest BCUT2D eigenvalue weighted by Gasteiger charge is -2.29. The number of rotatable bonds is 6. The molecule has 2 rings (SSSR count). The number of likely N-dealkylation sites (tertiary alicyclic amines) is 1. The van der Waals surface area contributed by atoms with Gasteiger partial charge in [-0.25, -0.2) is 0 Å². The number of halogens is 1. The first-order valence-corrected chi connectivity index (χ1v) is 10.3. The molecule has 0 aromatic heterocycles. The lowest BCUT2D eigenvalue weighted by molar-refractivity contribution is -0.138. The van der Waals surface area contributed by atoms with Crippen LogP contribution in [0, 0.1) is 11.3 Å². The van der Waals surface area contributed by atoms with Crippen LogP contribution in [0.4, 0.5) is 0 Å². The van der Waals surface area contributed by atoms with E-state index in [9.17, 15) is 9.59 Å². The topological polar surface area (TPSA) is 77.0 Å². The minimum Gasteiger partial charge on any atom is -0.357 e. The number of carbonyl (C=O) groups excluding carboxylic acids is 2. The molecule has 1 unspecified atom stereocenters. The quantitative estimate of drug-likeness (QED) is 0.328. The molecule has 7 nitrogen and oxygen atoms in total. The van der Waals surface area contributed by atoms with Crippen LogP contribution in [0.15, 0.2) is 4.99 Å². The fourth-order valence-corrected chi connectivity index (χ4v) is 4.15. The molecule has 2 aliphatic rings. The van der Waals surface area contributed by atoms with Gasteiger partial charge in [-0.15, -0.1) is 24.0 Å². The van der Waals surface area contributed by atoms with Crippen molar-refractivity contribution in [1.29, 1.82) is 0 Å². The molecule has 1 aliphatic heterocycles. The maximum atomic E-state index is 12.7. The van der Waals surface area contributed by atoms with E-state index in [-0.39, 0.29) is 53.2 Å². The molecule has 0 aromatic rings. The van der Waals surface area contributed by atoms with Gasteiger partial charge >= 0.3 is 0 Å². The molecule has 0 radical (unpaired) electrons. The molecule has 1 heterocycles. The summed E-state index contributed by atoms with van der Waals surface area (Å²) in [5.41, 5.74) is -0.360. The Kier molecular flexibility index (Phi) is 10.00. The normalized spacial score (nSPS) is 21.4. The molecule has 28 heavy (non-hydrogen) atoms. The van der Waals surface area contributed by atoms with Crippen molar-refractivity contribution >= 4 is 41.8 Å². The van der Waals surface area contributed by atoms with Gasteiger partial charge < -0.3 is 20.4 Å². The molecule has 1 saturated carbocycles. The summed E-state index contributed by atoms with van der Waals surface area (Å²) in [5.74, 6) is 1.18. The van der Waals surface area contributed by atoms with Gasteiger partial charge in [-0.05, 0) is 26.2 Å². The average molecular weight is 507 g/mol. The Bertz CT molecular complexity index is 559. The largest absolute Gasteiger partial charge is 0.357 e. The minimum atomic E-state index is -0.360. The summed E-state index contributed by atoms with van der Waals surface area (Å²) >= 11 is 0. The van der Waals surface area contributed by atoms with Crippen LogP contribution in [0.25, 0.3) is 0 Å². The number of carbonyl (C=O) groups is 2. The number of nitrogens with zero attached hydrogens (tertiary/aromatic N) is 3. The van der Waals surface area contributed by atoms with Gasteiger partial charge in [-0.3, -0.25) is 14.6 Å². The Labute approximate surface area is 187 Å². The lowest BCUT2D eigenvalue weighted by Crippen LogP contribution is -2.46. The zero-order chi connectivity index (χ0) is 20.0. The third-order valence-corrected chi connectivity index (χ3v) is 5.64. The number of guanidine groups is 1. The zero-order valence-electron chi connectivity index (χ0n) is 18.1. The predicted octanol–water partition coefficient (Wildman–Crippen LogP) is 2.06. The number of aliphatic imine (C=N–C) groups is 1. The van der Waals surface area contributed by atoms with Gasteiger partial charge in [0.2, 0.25) is 11.8 Å². The van der Waals surface area contributed by atoms with Crippen molar-refractivity contribution < 1.29 is 9.59 Å². The molecule has 1 atom stereocenters. The van der Waals surface area contributed by atoms with E-state index >= 15 is 0 Å². The van der Waals surface area contributed by atoms with Crippen molar-refractivity contribution in [3.63, 3.8) is 0 Å². The molecule has 2 amide bonds. The van der Waals surface area contributed by atoms with Gasteiger partial charge in [-0.2, -0.15) is 0 Å². The average Bonchev–Trinajstić information content (AvgIpc) is 3.28. The molecule has 2 N–H and O–H groups in total. The van der Waals surface area contributed by atoms with Crippen molar-refractivity contribution in [3.05, 3.63) is 0 Å². The van der Waals surface area contributed by atoms with E-state index in [0.717, 1.165) is 51.2 Å². The first-order valence-electron chi connectivity index (χ1n) is 10.3. The molecule has 162 valence electrons. The maximum Gasteiger partial charge on any atom is 0.230 e. The monoisotopic (exact) mass is 507 g/mol. The second kappa shape index (κ2) is 11.2. The first kappa shape index (κ1) is 25.0.